The molecule has 0 spiro atoms. The van der Waals surface area contributed by atoms with Crippen LogP contribution in [0.15, 0.2) is 30.3 Å². The number of carbonyl (C=O) groups excluding carboxylic acids is 1. The molecule has 1 aliphatic rings. The molecule has 2 atom stereocenters. The average molecular weight is 319 g/mol. The van der Waals surface area contributed by atoms with Crippen molar-refractivity contribution in [3.05, 3.63) is 35.9 Å². The number of alkyl halides is 3. The van der Waals surface area contributed by atoms with Crippen LogP contribution in [-0.4, -0.2) is 46.2 Å². The molecule has 0 unspecified atom stereocenters. The van der Waals surface area contributed by atoms with E-state index in [0.29, 0.717) is 12.2 Å². The second-order valence-electron chi connectivity index (χ2n) is 4.91. The minimum absolute atomic E-state index is 0.122. The van der Waals surface area contributed by atoms with Crippen molar-refractivity contribution in [3.63, 3.8) is 0 Å². The second-order valence-corrected chi connectivity index (χ2v) is 6.15. The van der Waals surface area contributed by atoms with Crippen LogP contribution >= 0.6 is 11.8 Å². The van der Waals surface area contributed by atoms with Gasteiger partial charge < -0.3 is 10.0 Å². The van der Waals surface area contributed by atoms with Crippen LogP contribution in [0, 0.1) is 0 Å². The van der Waals surface area contributed by atoms with E-state index in [-0.39, 0.29) is 6.54 Å². The summed E-state index contributed by atoms with van der Waals surface area (Å²) < 4.78 is 36.9. The van der Waals surface area contributed by atoms with Gasteiger partial charge in [-0.15, -0.1) is 11.8 Å². The SMILES string of the molecule is O=C1[C@@H](SC[C@@H](O)c2ccccc2)CCN1CC(F)(F)F. The number of halogens is 3. The Hall–Kier alpha value is -1.21. The maximum Gasteiger partial charge on any atom is 0.406 e. The number of thioether (sulfide) groups is 1. The van der Waals surface area contributed by atoms with Crippen LogP contribution in [0.25, 0.3) is 0 Å². The van der Waals surface area contributed by atoms with Crippen molar-refractivity contribution in [2.45, 2.75) is 24.0 Å². The molecule has 1 saturated heterocycles. The quantitative estimate of drug-likeness (QED) is 0.907. The van der Waals surface area contributed by atoms with Crippen LogP contribution in [0.1, 0.15) is 18.1 Å². The number of carbonyl (C=O) groups is 1. The maximum atomic E-state index is 12.3. The van der Waals surface area contributed by atoms with E-state index < -0.39 is 30.0 Å². The zero-order chi connectivity index (χ0) is 15.5. The Bertz CT molecular complexity index is 481. The van der Waals surface area contributed by atoms with Gasteiger partial charge in [-0.3, -0.25) is 4.79 Å². The van der Waals surface area contributed by atoms with Crippen molar-refractivity contribution in [1.29, 1.82) is 0 Å². The molecule has 0 aromatic heterocycles. The number of nitrogens with zero attached hydrogens (tertiary/aromatic N) is 1. The van der Waals surface area contributed by atoms with E-state index in [4.69, 9.17) is 0 Å². The fraction of sp³-hybridized carbons (Fsp3) is 0.500. The van der Waals surface area contributed by atoms with Gasteiger partial charge in [-0.2, -0.15) is 13.2 Å². The van der Waals surface area contributed by atoms with Gasteiger partial charge in [-0.1, -0.05) is 30.3 Å². The van der Waals surface area contributed by atoms with Gasteiger partial charge in [0.2, 0.25) is 5.91 Å². The highest BCUT2D eigenvalue weighted by Gasteiger charge is 2.39. The number of aliphatic hydroxyl groups excluding tert-OH is 1. The molecule has 1 heterocycles. The van der Waals surface area contributed by atoms with E-state index in [9.17, 15) is 23.1 Å². The van der Waals surface area contributed by atoms with Crippen LogP contribution < -0.4 is 0 Å². The van der Waals surface area contributed by atoms with Crippen molar-refractivity contribution in [2.75, 3.05) is 18.8 Å². The molecule has 21 heavy (non-hydrogen) atoms. The Morgan fingerprint density at radius 2 is 2.00 bits per heavy atom. The number of hydrogen-bond donors (Lipinski definition) is 1. The Morgan fingerprint density at radius 3 is 2.62 bits per heavy atom. The molecule has 1 fully saturated rings. The minimum Gasteiger partial charge on any atom is -0.388 e. The molecule has 0 bridgehead atoms. The van der Waals surface area contributed by atoms with Gasteiger partial charge in [-0.05, 0) is 12.0 Å². The summed E-state index contributed by atoms with van der Waals surface area (Å²) in [6.07, 6.45) is -4.69. The molecular weight excluding hydrogens is 303 g/mol. The average Bonchev–Trinajstić information content (AvgIpc) is 2.76. The van der Waals surface area contributed by atoms with E-state index in [0.717, 1.165) is 10.5 Å². The highest BCUT2D eigenvalue weighted by Crippen LogP contribution is 2.29. The number of rotatable bonds is 5. The van der Waals surface area contributed by atoms with Crippen molar-refractivity contribution >= 4 is 17.7 Å². The van der Waals surface area contributed by atoms with Crippen LogP contribution in [0.3, 0.4) is 0 Å². The maximum absolute atomic E-state index is 12.3. The van der Waals surface area contributed by atoms with Gasteiger partial charge in [0, 0.05) is 12.3 Å². The first-order valence-corrected chi connectivity index (χ1v) is 7.62. The molecule has 1 aromatic carbocycles. The van der Waals surface area contributed by atoms with Crippen LogP contribution in [0.5, 0.6) is 0 Å². The number of aliphatic hydroxyl groups is 1. The highest BCUT2D eigenvalue weighted by molar-refractivity contribution is 8.00. The van der Waals surface area contributed by atoms with E-state index >= 15 is 0 Å². The highest BCUT2D eigenvalue weighted by atomic mass is 32.2. The minimum atomic E-state index is -4.36. The normalized spacial score (nSPS) is 20.9. The van der Waals surface area contributed by atoms with Crippen LogP contribution in [-0.2, 0) is 4.79 Å². The molecule has 2 rings (SSSR count). The Labute approximate surface area is 125 Å². The van der Waals surface area contributed by atoms with Gasteiger partial charge in [0.25, 0.3) is 0 Å². The van der Waals surface area contributed by atoms with E-state index in [2.05, 4.69) is 0 Å². The van der Waals surface area contributed by atoms with E-state index in [1.54, 1.807) is 24.3 Å². The number of benzene rings is 1. The molecule has 0 saturated carbocycles. The number of likely N-dealkylation sites (tertiary alicyclic amines) is 1. The predicted molar refractivity (Wildman–Crippen MR) is 74.9 cm³/mol. The first-order chi connectivity index (χ1) is 9.87. The lowest BCUT2D eigenvalue weighted by atomic mass is 10.1. The molecule has 0 radical (unpaired) electrons. The Morgan fingerprint density at radius 1 is 1.33 bits per heavy atom. The third-order valence-corrected chi connectivity index (χ3v) is 4.61. The summed E-state index contributed by atoms with van der Waals surface area (Å²) >= 11 is 1.22. The molecule has 7 heteroatoms. The number of amides is 1. The second kappa shape index (κ2) is 6.70. The standard InChI is InChI=1S/C14H16F3NO2S/c15-14(16,17)9-18-7-6-12(13(18)20)21-8-11(19)10-4-2-1-3-5-10/h1-5,11-12,19H,6-9H2/t11-,12+/m1/s1. The summed E-state index contributed by atoms with van der Waals surface area (Å²) in [4.78, 5) is 12.7. The summed E-state index contributed by atoms with van der Waals surface area (Å²) in [6.45, 7) is -1.07. The summed E-state index contributed by atoms with van der Waals surface area (Å²) in [7, 11) is 0. The molecule has 116 valence electrons. The zero-order valence-corrected chi connectivity index (χ0v) is 12.0. The molecule has 1 aliphatic heterocycles. The first-order valence-electron chi connectivity index (χ1n) is 6.57. The van der Waals surface area contributed by atoms with Crippen molar-refractivity contribution < 1.29 is 23.1 Å². The van der Waals surface area contributed by atoms with Crippen molar-refractivity contribution in [1.82, 2.24) is 4.90 Å². The molecular formula is C14H16F3NO2S. The first kappa shape index (κ1) is 16.2. The summed E-state index contributed by atoms with van der Waals surface area (Å²) in [6, 6.07) is 8.98. The third-order valence-electron chi connectivity index (χ3n) is 3.26. The molecule has 1 N–H and O–H groups in total. The van der Waals surface area contributed by atoms with Crippen LogP contribution in [0.2, 0.25) is 0 Å². The summed E-state index contributed by atoms with van der Waals surface area (Å²) in [5, 5.41) is 9.50. The molecule has 0 aliphatic carbocycles. The van der Waals surface area contributed by atoms with Crippen molar-refractivity contribution in [3.8, 4) is 0 Å². The lowest BCUT2D eigenvalue weighted by Gasteiger charge is -2.18. The lowest BCUT2D eigenvalue weighted by molar-refractivity contribution is -0.157. The zero-order valence-electron chi connectivity index (χ0n) is 11.2. The largest absolute Gasteiger partial charge is 0.406 e. The van der Waals surface area contributed by atoms with Gasteiger partial charge >= 0.3 is 6.18 Å². The smallest absolute Gasteiger partial charge is 0.388 e. The van der Waals surface area contributed by atoms with Crippen molar-refractivity contribution in [2.24, 2.45) is 0 Å². The predicted octanol–water partition coefficient (Wildman–Crippen LogP) is 2.62. The summed E-state index contributed by atoms with van der Waals surface area (Å²) in [5.41, 5.74) is 0.739. The topological polar surface area (TPSA) is 40.5 Å². The van der Waals surface area contributed by atoms with Gasteiger partial charge in [0.1, 0.15) is 6.54 Å². The Balaban J connectivity index is 1.83. The van der Waals surface area contributed by atoms with Gasteiger partial charge in [-0.25, -0.2) is 0 Å². The molecule has 1 amide bonds. The Kier molecular flexibility index (Phi) is 5.16. The fourth-order valence-electron chi connectivity index (χ4n) is 2.22. The monoisotopic (exact) mass is 319 g/mol. The van der Waals surface area contributed by atoms with E-state index in [1.165, 1.54) is 11.8 Å². The van der Waals surface area contributed by atoms with E-state index in [1.807, 2.05) is 6.07 Å². The van der Waals surface area contributed by atoms with Gasteiger partial charge in [0.15, 0.2) is 0 Å². The fourth-order valence-corrected chi connectivity index (χ4v) is 3.39. The lowest BCUT2D eigenvalue weighted by Crippen LogP contribution is -2.36. The summed E-state index contributed by atoms with van der Waals surface area (Å²) in [5.74, 6) is -0.196. The molecule has 1 aromatic rings. The molecule has 3 nitrogen and oxygen atoms in total. The third kappa shape index (κ3) is 4.64. The van der Waals surface area contributed by atoms with Crippen LogP contribution in [0.4, 0.5) is 13.2 Å². The number of hydrogen-bond acceptors (Lipinski definition) is 3. The van der Waals surface area contributed by atoms with Gasteiger partial charge in [0.05, 0.1) is 11.4 Å².